The van der Waals surface area contributed by atoms with Gasteiger partial charge in [-0.05, 0) is 23.7 Å². The van der Waals surface area contributed by atoms with Gasteiger partial charge in [-0.15, -0.1) is 0 Å². The monoisotopic (exact) mass is 248 g/mol. The molecule has 0 aliphatic carbocycles. The maximum absolute atomic E-state index is 13.6. The quantitative estimate of drug-likeness (QED) is 0.812. The molecular weight excluding hydrogens is 235 g/mol. The van der Waals surface area contributed by atoms with Crippen LogP contribution in [-0.4, -0.2) is 9.97 Å². The molecule has 88 valence electrons. The molecule has 2 rings (SSSR count). The van der Waals surface area contributed by atoms with Crippen molar-refractivity contribution in [3.05, 3.63) is 46.6 Å². The number of rotatable bonds is 2. The number of hydrogen-bond acceptors (Lipinski definition) is 2. The van der Waals surface area contributed by atoms with Gasteiger partial charge in [-0.3, -0.25) is 0 Å². The molecule has 2 nitrogen and oxygen atoms in total. The van der Waals surface area contributed by atoms with E-state index in [9.17, 15) is 4.39 Å². The van der Waals surface area contributed by atoms with E-state index in [2.05, 4.69) is 23.8 Å². The highest BCUT2D eigenvalue weighted by Crippen LogP contribution is 2.22. The molecule has 1 N–H and O–H groups in total. The maximum Gasteiger partial charge on any atom is 0.197 e. The lowest BCUT2D eigenvalue weighted by atomic mass is 10.0. The first-order valence-electron chi connectivity index (χ1n) is 5.43. The minimum absolute atomic E-state index is 0.286. The molecule has 0 radical (unpaired) electrons. The third kappa shape index (κ3) is 2.58. The largest absolute Gasteiger partial charge is 0.328 e. The fraction of sp³-hybridized carbons (Fsp3) is 0.231. The van der Waals surface area contributed by atoms with Gasteiger partial charge in [0, 0.05) is 5.56 Å². The first-order chi connectivity index (χ1) is 8.08. The van der Waals surface area contributed by atoms with Gasteiger partial charge in [0.1, 0.15) is 0 Å². The summed E-state index contributed by atoms with van der Waals surface area (Å²) in [7, 11) is 0. The van der Waals surface area contributed by atoms with E-state index in [1.165, 1.54) is 5.56 Å². The summed E-state index contributed by atoms with van der Waals surface area (Å²) in [6.07, 6.45) is 1.14. The average molecular weight is 248 g/mol. The summed E-state index contributed by atoms with van der Waals surface area (Å²) in [5.41, 5.74) is 2.39. The van der Waals surface area contributed by atoms with Crippen molar-refractivity contribution in [2.45, 2.75) is 19.8 Å². The van der Waals surface area contributed by atoms with Crippen LogP contribution in [0.15, 0.2) is 30.5 Å². The van der Waals surface area contributed by atoms with Crippen molar-refractivity contribution in [3.8, 4) is 11.3 Å². The van der Waals surface area contributed by atoms with Crippen LogP contribution in [0.3, 0.4) is 0 Å². The Morgan fingerprint density at radius 2 is 1.88 bits per heavy atom. The van der Waals surface area contributed by atoms with Crippen LogP contribution in [0.2, 0.25) is 0 Å². The lowest BCUT2D eigenvalue weighted by molar-refractivity contribution is 0.617. The summed E-state index contributed by atoms with van der Waals surface area (Å²) in [5.74, 6) is 0.0701. The van der Waals surface area contributed by atoms with Gasteiger partial charge in [0.2, 0.25) is 0 Å². The van der Waals surface area contributed by atoms with Crippen LogP contribution in [0.4, 0.5) is 4.39 Å². The van der Waals surface area contributed by atoms with Crippen molar-refractivity contribution in [3.63, 3.8) is 0 Å². The van der Waals surface area contributed by atoms with Crippen molar-refractivity contribution in [2.24, 2.45) is 0 Å². The molecule has 4 heteroatoms. The van der Waals surface area contributed by atoms with Gasteiger partial charge in [0.05, 0.1) is 11.9 Å². The summed E-state index contributed by atoms with van der Waals surface area (Å²) in [6, 6.07) is 7.77. The molecular formula is C13H13FN2S. The smallest absolute Gasteiger partial charge is 0.197 e. The normalized spacial score (nSPS) is 10.8. The number of benzene rings is 1. The van der Waals surface area contributed by atoms with E-state index in [1.54, 1.807) is 0 Å². The second-order valence-electron chi connectivity index (χ2n) is 4.19. The van der Waals surface area contributed by atoms with Gasteiger partial charge in [0.15, 0.2) is 10.6 Å². The van der Waals surface area contributed by atoms with E-state index in [4.69, 9.17) is 12.2 Å². The number of aromatic amines is 1. The molecule has 0 aliphatic rings. The highest BCUT2D eigenvalue weighted by molar-refractivity contribution is 7.71. The van der Waals surface area contributed by atoms with Crippen LogP contribution in [0.25, 0.3) is 11.3 Å². The van der Waals surface area contributed by atoms with Gasteiger partial charge >= 0.3 is 0 Å². The third-order valence-corrected chi connectivity index (χ3v) is 2.84. The predicted molar refractivity (Wildman–Crippen MR) is 68.9 cm³/mol. The van der Waals surface area contributed by atoms with E-state index >= 15 is 0 Å². The fourth-order valence-corrected chi connectivity index (χ4v) is 1.78. The summed E-state index contributed by atoms with van der Waals surface area (Å²) >= 11 is 4.89. The minimum Gasteiger partial charge on any atom is -0.328 e. The molecule has 1 aromatic carbocycles. The average Bonchev–Trinajstić information content (AvgIpc) is 2.32. The van der Waals surface area contributed by atoms with Crippen molar-refractivity contribution in [1.29, 1.82) is 0 Å². The van der Waals surface area contributed by atoms with E-state index in [0.29, 0.717) is 11.6 Å². The van der Waals surface area contributed by atoms with Gasteiger partial charge < -0.3 is 4.98 Å². The molecule has 0 atom stereocenters. The van der Waals surface area contributed by atoms with Gasteiger partial charge in [-0.2, -0.15) is 0 Å². The lowest BCUT2D eigenvalue weighted by Gasteiger charge is -2.07. The Morgan fingerprint density at radius 3 is 2.47 bits per heavy atom. The Kier molecular flexibility index (Phi) is 3.33. The first-order valence-corrected chi connectivity index (χ1v) is 5.84. The van der Waals surface area contributed by atoms with Crippen LogP contribution in [0.1, 0.15) is 25.3 Å². The third-order valence-electron chi connectivity index (χ3n) is 2.63. The Morgan fingerprint density at radius 1 is 1.24 bits per heavy atom. The Bertz CT molecular complexity index is 573. The molecule has 0 unspecified atom stereocenters. The lowest BCUT2D eigenvalue weighted by Crippen LogP contribution is -1.93. The van der Waals surface area contributed by atoms with Crippen LogP contribution in [-0.2, 0) is 0 Å². The zero-order chi connectivity index (χ0) is 12.4. The second-order valence-corrected chi connectivity index (χ2v) is 4.57. The van der Waals surface area contributed by atoms with Crippen LogP contribution < -0.4 is 0 Å². The molecule has 0 bridgehead atoms. The van der Waals surface area contributed by atoms with Gasteiger partial charge in [-0.1, -0.05) is 38.1 Å². The molecule has 2 aromatic rings. The number of nitrogens with zero attached hydrogens (tertiary/aromatic N) is 1. The molecule has 1 heterocycles. The Labute approximate surface area is 105 Å². The SMILES string of the molecule is CC(C)c1ccc(-c2[nH]c(=S)ncc2F)cc1. The molecule has 0 amide bonds. The molecule has 0 spiro atoms. The molecule has 0 saturated heterocycles. The summed E-state index contributed by atoms with van der Waals surface area (Å²) < 4.78 is 13.9. The van der Waals surface area contributed by atoms with Crippen LogP contribution in [0.5, 0.6) is 0 Å². The molecule has 0 aliphatic heterocycles. The van der Waals surface area contributed by atoms with E-state index in [1.807, 2.05) is 24.3 Å². The summed E-state index contributed by atoms with van der Waals surface area (Å²) in [6.45, 7) is 4.24. The van der Waals surface area contributed by atoms with Crippen molar-refractivity contribution in [2.75, 3.05) is 0 Å². The van der Waals surface area contributed by atoms with Crippen LogP contribution >= 0.6 is 12.2 Å². The number of hydrogen-bond donors (Lipinski definition) is 1. The Hall–Kier alpha value is -1.55. The first kappa shape index (κ1) is 11.9. The maximum atomic E-state index is 13.6. The highest BCUT2D eigenvalue weighted by Gasteiger charge is 2.06. The highest BCUT2D eigenvalue weighted by atomic mass is 32.1. The molecule has 0 fully saturated rings. The van der Waals surface area contributed by atoms with Crippen LogP contribution in [0, 0.1) is 10.6 Å². The molecule has 0 saturated carbocycles. The van der Waals surface area contributed by atoms with E-state index in [-0.39, 0.29) is 4.77 Å². The molecule has 1 aromatic heterocycles. The van der Waals surface area contributed by atoms with Gasteiger partial charge in [-0.25, -0.2) is 9.37 Å². The van der Waals surface area contributed by atoms with Crippen molar-refractivity contribution >= 4 is 12.2 Å². The number of H-pyrrole nitrogens is 1. The summed E-state index contributed by atoms with van der Waals surface area (Å²) in [4.78, 5) is 6.46. The fourth-order valence-electron chi connectivity index (χ4n) is 1.62. The molecule has 17 heavy (non-hydrogen) atoms. The second kappa shape index (κ2) is 4.75. The zero-order valence-electron chi connectivity index (χ0n) is 9.70. The minimum atomic E-state index is -0.393. The van der Waals surface area contributed by atoms with E-state index < -0.39 is 5.82 Å². The number of nitrogens with one attached hydrogen (secondary N) is 1. The predicted octanol–water partition coefficient (Wildman–Crippen LogP) is 4.07. The standard InChI is InChI=1S/C13H13FN2S/c1-8(2)9-3-5-10(6-4-9)12-11(14)7-15-13(17)16-12/h3-8H,1-2H3,(H,15,16,17). The van der Waals surface area contributed by atoms with E-state index in [0.717, 1.165) is 11.8 Å². The Balaban J connectivity index is 2.46. The van der Waals surface area contributed by atoms with Gasteiger partial charge in [0.25, 0.3) is 0 Å². The van der Waals surface area contributed by atoms with Crippen molar-refractivity contribution < 1.29 is 4.39 Å². The number of aromatic nitrogens is 2. The topological polar surface area (TPSA) is 28.7 Å². The zero-order valence-corrected chi connectivity index (χ0v) is 10.5. The summed E-state index contributed by atoms with van der Waals surface area (Å²) in [5, 5.41) is 0. The van der Waals surface area contributed by atoms with Crippen molar-refractivity contribution in [1.82, 2.24) is 9.97 Å². The number of halogens is 1.